The maximum atomic E-state index is 12.2. The van der Waals surface area contributed by atoms with Gasteiger partial charge in [-0.1, -0.05) is 5.21 Å². The van der Waals surface area contributed by atoms with E-state index in [0.717, 1.165) is 25.7 Å². The Morgan fingerprint density at radius 2 is 2.05 bits per heavy atom. The van der Waals surface area contributed by atoms with Crippen molar-refractivity contribution in [3.05, 3.63) is 4.60 Å². The monoisotopic (exact) mass is 352 g/mol. The van der Waals surface area contributed by atoms with Gasteiger partial charge in [-0.25, -0.2) is 17.8 Å². The standard InChI is InChI=1S/C10H17BrN4O3S/c1-15-10(9(11)13-14-15)19(17,18)12-6-7-2-4-8(16)5-3-7/h7-8,12,16H,2-6H2,1H3. The van der Waals surface area contributed by atoms with Crippen LogP contribution in [-0.4, -0.2) is 41.2 Å². The summed E-state index contributed by atoms with van der Waals surface area (Å²) in [4.78, 5) is 0. The van der Waals surface area contributed by atoms with Gasteiger partial charge in [0.25, 0.3) is 10.0 Å². The molecule has 0 spiro atoms. The van der Waals surface area contributed by atoms with E-state index in [-0.39, 0.29) is 21.7 Å². The predicted octanol–water partition coefficient (Wildman–Crippen LogP) is 0.407. The van der Waals surface area contributed by atoms with E-state index in [4.69, 9.17) is 0 Å². The van der Waals surface area contributed by atoms with E-state index in [1.165, 1.54) is 11.7 Å². The largest absolute Gasteiger partial charge is 0.393 e. The Balaban J connectivity index is 1.99. The molecule has 0 aromatic carbocycles. The lowest BCUT2D eigenvalue weighted by Gasteiger charge is -2.25. The number of aliphatic hydroxyl groups excluding tert-OH is 1. The number of halogens is 1. The van der Waals surface area contributed by atoms with Crippen molar-refractivity contribution in [2.45, 2.75) is 36.8 Å². The first kappa shape index (κ1) is 14.9. The minimum atomic E-state index is -3.61. The smallest absolute Gasteiger partial charge is 0.260 e. The van der Waals surface area contributed by atoms with Crippen LogP contribution in [0, 0.1) is 5.92 Å². The van der Waals surface area contributed by atoms with E-state index in [1.54, 1.807) is 0 Å². The number of nitrogens with one attached hydrogen (secondary N) is 1. The molecule has 0 saturated heterocycles. The van der Waals surface area contributed by atoms with Crippen LogP contribution >= 0.6 is 15.9 Å². The van der Waals surface area contributed by atoms with Crippen molar-refractivity contribution < 1.29 is 13.5 Å². The van der Waals surface area contributed by atoms with Crippen molar-refractivity contribution in [3.63, 3.8) is 0 Å². The van der Waals surface area contributed by atoms with Gasteiger partial charge in [0.15, 0.2) is 4.60 Å². The second kappa shape index (κ2) is 5.86. The van der Waals surface area contributed by atoms with Gasteiger partial charge in [0.1, 0.15) is 0 Å². The summed E-state index contributed by atoms with van der Waals surface area (Å²) in [6.45, 7) is 0.382. The minimum absolute atomic E-state index is 0.0309. The van der Waals surface area contributed by atoms with Gasteiger partial charge in [-0.3, -0.25) is 0 Å². The first-order valence-corrected chi connectivity index (χ1v) is 8.40. The van der Waals surface area contributed by atoms with Crippen LogP contribution in [0.2, 0.25) is 0 Å². The van der Waals surface area contributed by atoms with Gasteiger partial charge in [-0.05, 0) is 47.5 Å². The highest BCUT2D eigenvalue weighted by Crippen LogP contribution is 2.24. The summed E-state index contributed by atoms with van der Waals surface area (Å²) in [6, 6.07) is 0. The van der Waals surface area contributed by atoms with Crippen LogP contribution in [0.15, 0.2) is 9.63 Å². The highest BCUT2D eigenvalue weighted by atomic mass is 79.9. The van der Waals surface area contributed by atoms with Crippen molar-refractivity contribution >= 4 is 26.0 Å². The van der Waals surface area contributed by atoms with Crippen LogP contribution in [0.5, 0.6) is 0 Å². The Hall–Kier alpha value is -0.510. The molecule has 2 N–H and O–H groups in total. The van der Waals surface area contributed by atoms with Crippen molar-refractivity contribution in [2.75, 3.05) is 6.54 Å². The molecule has 0 amide bonds. The van der Waals surface area contributed by atoms with Crippen molar-refractivity contribution in [3.8, 4) is 0 Å². The number of aromatic nitrogens is 3. The van der Waals surface area contributed by atoms with E-state index in [9.17, 15) is 13.5 Å². The van der Waals surface area contributed by atoms with Gasteiger partial charge < -0.3 is 5.11 Å². The number of hydrogen-bond donors (Lipinski definition) is 2. The van der Waals surface area contributed by atoms with Crippen LogP contribution in [-0.2, 0) is 17.1 Å². The highest BCUT2D eigenvalue weighted by Gasteiger charge is 2.26. The Morgan fingerprint density at radius 3 is 2.58 bits per heavy atom. The minimum Gasteiger partial charge on any atom is -0.393 e. The third kappa shape index (κ3) is 3.53. The second-order valence-electron chi connectivity index (χ2n) is 4.84. The summed E-state index contributed by atoms with van der Waals surface area (Å²) in [5, 5.41) is 16.8. The quantitative estimate of drug-likeness (QED) is 0.817. The third-order valence-corrected chi connectivity index (χ3v) is 5.68. The maximum absolute atomic E-state index is 12.2. The van der Waals surface area contributed by atoms with Gasteiger partial charge in [0, 0.05) is 13.6 Å². The molecular weight excluding hydrogens is 336 g/mol. The summed E-state index contributed by atoms with van der Waals surface area (Å²) in [6.07, 6.45) is 2.93. The van der Waals surface area contributed by atoms with Crippen LogP contribution < -0.4 is 4.72 Å². The molecule has 0 bridgehead atoms. The van der Waals surface area contributed by atoms with Gasteiger partial charge in [0.05, 0.1) is 6.10 Å². The molecule has 0 unspecified atom stereocenters. The molecule has 1 heterocycles. The zero-order valence-corrected chi connectivity index (χ0v) is 13.0. The first-order chi connectivity index (χ1) is 8.90. The Kier molecular flexibility index (Phi) is 4.59. The molecule has 7 nitrogen and oxygen atoms in total. The van der Waals surface area contributed by atoms with Crippen LogP contribution in [0.3, 0.4) is 0 Å². The summed E-state index contributed by atoms with van der Waals surface area (Å²) >= 11 is 3.08. The predicted molar refractivity (Wildman–Crippen MR) is 71.9 cm³/mol. The summed E-state index contributed by atoms with van der Waals surface area (Å²) in [5.74, 6) is 0.276. The molecule has 1 saturated carbocycles. The maximum Gasteiger partial charge on any atom is 0.260 e. The number of hydrogen-bond acceptors (Lipinski definition) is 5. The molecule has 1 aromatic rings. The van der Waals surface area contributed by atoms with Crippen molar-refractivity contribution in [1.29, 1.82) is 0 Å². The van der Waals surface area contributed by atoms with E-state index in [0.29, 0.717) is 6.54 Å². The third-order valence-electron chi connectivity index (χ3n) is 3.37. The summed E-state index contributed by atoms with van der Waals surface area (Å²) < 4.78 is 28.3. The number of aryl methyl sites for hydroxylation is 1. The SMILES string of the molecule is Cn1nnc(Br)c1S(=O)(=O)NCC1CCC(O)CC1. The lowest BCUT2D eigenvalue weighted by atomic mass is 9.88. The number of aliphatic hydroxyl groups is 1. The second-order valence-corrected chi connectivity index (χ2v) is 7.27. The molecule has 1 aliphatic carbocycles. The van der Waals surface area contributed by atoms with Crippen LogP contribution in [0.4, 0.5) is 0 Å². The highest BCUT2D eigenvalue weighted by molar-refractivity contribution is 9.10. The Labute approximate surface area is 120 Å². The van der Waals surface area contributed by atoms with Gasteiger partial charge in [-0.2, -0.15) is 0 Å². The molecular formula is C10H17BrN4O3S. The zero-order chi connectivity index (χ0) is 14.0. The average Bonchev–Trinajstić information content (AvgIpc) is 2.69. The number of rotatable bonds is 4. The zero-order valence-electron chi connectivity index (χ0n) is 10.6. The summed E-state index contributed by atoms with van der Waals surface area (Å²) in [7, 11) is -2.08. The van der Waals surface area contributed by atoms with Gasteiger partial charge in [0.2, 0.25) is 5.03 Å². The Bertz CT molecular complexity index is 517. The number of nitrogens with zero attached hydrogens (tertiary/aromatic N) is 3. The molecule has 0 aliphatic heterocycles. The fourth-order valence-corrected chi connectivity index (χ4v) is 4.46. The number of sulfonamides is 1. The van der Waals surface area contributed by atoms with E-state index >= 15 is 0 Å². The summed E-state index contributed by atoms with van der Waals surface area (Å²) in [5.41, 5.74) is 0. The molecule has 1 aromatic heterocycles. The van der Waals surface area contributed by atoms with Crippen LogP contribution in [0.1, 0.15) is 25.7 Å². The first-order valence-electron chi connectivity index (χ1n) is 6.13. The normalized spacial score (nSPS) is 24.6. The van der Waals surface area contributed by atoms with Gasteiger partial charge in [-0.15, -0.1) is 5.10 Å². The lowest BCUT2D eigenvalue weighted by molar-refractivity contribution is 0.109. The van der Waals surface area contributed by atoms with E-state index in [1.807, 2.05) is 0 Å². The van der Waals surface area contributed by atoms with Crippen LogP contribution in [0.25, 0.3) is 0 Å². The molecule has 1 fully saturated rings. The van der Waals surface area contributed by atoms with Gasteiger partial charge >= 0.3 is 0 Å². The molecule has 108 valence electrons. The average molecular weight is 353 g/mol. The Morgan fingerprint density at radius 1 is 1.42 bits per heavy atom. The van der Waals surface area contributed by atoms with E-state index in [2.05, 4.69) is 31.0 Å². The molecule has 19 heavy (non-hydrogen) atoms. The van der Waals surface area contributed by atoms with Crippen molar-refractivity contribution in [1.82, 2.24) is 19.7 Å². The molecule has 1 aliphatic rings. The molecule has 0 atom stereocenters. The fourth-order valence-electron chi connectivity index (χ4n) is 2.25. The molecule has 9 heteroatoms. The van der Waals surface area contributed by atoms with E-state index < -0.39 is 10.0 Å². The topological polar surface area (TPSA) is 97.1 Å². The lowest BCUT2D eigenvalue weighted by Crippen LogP contribution is -2.33. The fraction of sp³-hybridized carbons (Fsp3) is 0.800. The molecule has 0 radical (unpaired) electrons. The van der Waals surface area contributed by atoms with Crippen molar-refractivity contribution in [2.24, 2.45) is 13.0 Å². The molecule has 2 rings (SSSR count).